The van der Waals surface area contributed by atoms with Gasteiger partial charge in [0.15, 0.2) is 0 Å². The first-order valence-electron chi connectivity index (χ1n) is 4.17. The first-order chi connectivity index (χ1) is 7.36. The van der Waals surface area contributed by atoms with E-state index >= 15 is 0 Å². The van der Waals surface area contributed by atoms with E-state index in [0.717, 1.165) is 12.1 Å². The average molecular weight is 229 g/mol. The smallest absolute Gasteiger partial charge is 0.417 e. The molecule has 0 unspecified atom stereocenters. The number of nitrogens with zero attached hydrogens (tertiary/aromatic N) is 1. The number of carboxylic acids is 1. The highest BCUT2D eigenvalue weighted by Crippen LogP contribution is 2.33. The summed E-state index contributed by atoms with van der Waals surface area (Å²) in [5.74, 6) is -1.28. The molecule has 6 heteroatoms. The van der Waals surface area contributed by atoms with E-state index < -0.39 is 29.7 Å². The van der Waals surface area contributed by atoms with E-state index in [1.54, 1.807) is 0 Å². The van der Waals surface area contributed by atoms with Gasteiger partial charge in [-0.2, -0.15) is 18.4 Å². The van der Waals surface area contributed by atoms with Crippen LogP contribution in [0.5, 0.6) is 0 Å². The van der Waals surface area contributed by atoms with Gasteiger partial charge in [-0.05, 0) is 11.6 Å². The van der Waals surface area contributed by atoms with E-state index in [9.17, 15) is 18.0 Å². The van der Waals surface area contributed by atoms with E-state index in [2.05, 4.69) is 0 Å². The van der Waals surface area contributed by atoms with Crippen LogP contribution in [0.25, 0.3) is 0 Å². The summed E-state index contributed by atoms with van der Waals surface area (Å²) in [5, 5.41) is 17.1. The van der Waals surface area contributed by atoms with Gasteiger partial charge in [-0.25, -0.2) is 0 Å². The predicted octanol–water partition coefficient (Wildman–Crippen LogP) is 2.20. The van der Waals surface area contributed by atoms with Crippen molar-refractivity contribution in [2.45, 2.75) is 12.6 Å². The molecule has 84 valence electrons. The molecule has 0 radical (unpaired) electrons. The molecule has 0 aromatic heterocycles. The molecule has 0 saturated carbocycles. The molecule has 0 aliphatic heterocycles. The number of carbonyl (C=O) groups is 1. The van der Waals surface area contributed by atoms with Gasteiger partial charge in [-0.1, -0.05) is 12.1 Å². The third kappa shape index (κ3) is 2.51. The van der Waals surface area contributed by atoms with Crippen LogP contribution < -0.4 is 0 Å². The largest absolute Gasteiger partial charge is 0.481 e. The number of halogens is 3. The lowest BCUT2D eigenvalue weighted by Crippen LogP contribution is -2.11. The Balaban J connectivity index is 3.34. The van der Waals surface area contributed by atoms with Crippen molar-refractivity contribution in [1.29, 1.82) is 5.26 Å². The van der Waals surface area contributed by atoms with Gasteiger partial charge in [0.2, 0.25) is 0 Å². The molecule has 1 aromatic rings. The number of hydrogen-bond donors (Lipinski definition) is 1. The van der Waals surface area contributed by atoms with Crippen molar-refractivity contribution >= 4 is 5.97 Å². The Hall–Kier alpha value is -2.03. The third-order valence-corrected chi connectivity index (χ3v) is 1.91. The lowest BCUT2D eigenvalue weighted by Gasteiger charge is -2.10. The number of rotatable bonds is 2. The number of alkyl halides is 3. The van der Waals surface area contributed by atoms with Crippen molar-refractivity contribution in [3.63, 3.8) is 0 Å². The topological polar surface area (TPSA) is 61.1 Å². The van der Waals surface area contributed by atoms with Gasteiger partial charge in [-0.15, -0.1) is 0 Å². The highest BCUT2D eigenvalue weighted by atomic mass is 19.4. The molecule has 3 nitrogen and oxygen atoms in total. The van der Waals surface area contributed by atoms with Crippen molar-refractivity contribution in [2.24, 2.45) is 0 Å². The molecule has 1 rings (SSSR count). The SMILES string of the molecule is N#Cc1c(CC(=O)O)cccc1C(F)(F)F. The quantitative estimate of drug-likeness (QED) is 0.845. The van der Waals surface area contributed by atoms with Gasteiger partial charge in [0.25, 0.3) is 0 Å². The van der Waals surface area contributed by atoms with E-state index in [4.69, 9.17) is 10.4 Å². The Bertz CT molecular complexity index is 460. The maximum absolute atomic E-state index is 12.5. The molecule has 0 heterocycles. The summed E-state index contributed by atoms with van der Waals surface area (Å²) in [6.45, 7) is 0. The molecular formula is C10H6F3NO2. The van der Waals surface area contributed by atoms with Crippen molar-refractivity contribution < 1.29 is 23.1 Å². The monoisotopic (exact) mass is 229 g/mol. The van der Waals surface area contributed by atoms with Crippen LogP contribution >= 0.6 is 0 Å². The van der Waals surface area contributed by atoms with Crippen LogP contribution in [0.2, 0.25) is 0 Å². The molecule has 1 N–H and O–H groups in total. The third-order valence-electron chi connectivity index (χ3n) is 1.91. The first kappa shape index (κ1) is 12.0. The molecule has 0 fully saturated rings. The van der Waals surface area contributed by atoms with Crippen molar-refractivity contribution in [3.05, 3.63) is 34.9 Å². The van der Waals surface area contributed by atoms with E-state index in [0.29, 0.717) is 0 Å². The Morgan fingerprint density at radius 2 is 2.06 bits per heavy atom. The van der Waals surface area contributed by atoms with Crippen LogP contribution in [0.15, 0.2) is 18.2 Å². The minimum atomic E-state index is -4.65. The molecule has 0 saturated heterocycles. The fourth-order valence-electron chi connectivity index (χ4n) is 1.28. The van der Waals surface area contributed by atoms with Crippen LogP contribution in [0, 0.1) is 11.3 Å². The molecule has 16 heavy (non-hydrogen) atoms. The van der Waals surface area contributed by atoms with Crippen LogP contribution in [0.3, 0.4) is 0 Å². The van der Waals surface area contributed by atoms with Gasteiger partial charge in [0, 0.05) is 0 Å². The highest BCUT2D eigenvalue weighted by molar-refractivity contribution is 5.71. The van der Waals surface area contributed by atoms with Crippen LogP contribution in [-0.2, 0) is 17.4 Å². The fourth-order valence-corrected chi connectivity index (χ4v) is 1.28. The standard InChI is InChI=1S/C10H6F3NO2/c11-10(12,13)8-3-1-2-6(4-9(15)16)7(8)5-14/h1-3H,4H2,(H,15,16). The average Bonchev–Trinajstić information content (AvgIpc) is 2.15. The molecule has 0 atom stereocenters. The second-order valence-corrected chi connectivity index (χ2v) is 3.02. The van der Waals surface area contributed by atoms with Crippen LogP contribution in [0.4, 0.5) is 13.2 Å². The maximum Gasteiger partial charge on any atom is 0.417 e. The Labute approximate surface area is 88.7 Å². The summed E-state index contributed by atoms with van der Waals surface area (Å²) in [7, 11) is 0. The van der Waals surface area contributed by atoms with Gasteiger partial charge in [0.1, 0.15) is 6.07 Å². The zero-order valence-electron chi connectivity index (χ0n) is 7.88. The summed E-state index contributed by atoms with van der Waals surface area (Å²) in [5.41, 5.74) is -1.86. The highest BCUT2D eigenvalue weighted by Gasteiger charge is 2.34. The summed E-state index contributed by atoms with van der Waals surface area (Å²) in [6.07, 6.45) is -5.26. The molecular weight excluding hydrogens is 223 g/mol. The zero-order chi connectivity index (χ0) is 12.3. The first-order valence-corrected chi connectivity index (χ1v) is 4.17. The molecule has 0 aliphatic carbocycles. The van der Waals surface area contributed by atoms with Crippen LogP contribution in [-0.4, -0.2) is 11.1 Å². The van der Waals surface area contributed by atoms with Gasteiger partial charge in [-0.3, -0.25) is 4.79 Å². The lowest BCUT2D eigenvalue weighted by molar-refractivity contribution is -0.139. The number of hydrogen-bond acceptors (Lipinski definition) is 2. The minimum Gasteiger partial charge on any atom is -0.481 e. The van der Waals surface area contributed by atoms with E-state index in [1.807, 2.05) is 0 Å². The Kier molecular flexibility index (Phi) is 3.18. The van der Waals surface area contributed by atoms with Crippen molar-refractivity contribution in [3.8, 4) is 6.07 Å². The minimum absolute atomic E-state index is 0.134. The lowest BCUT2D eigenvalue weighted by atomic mass is 9.99. The summed E-state index contributed by atoms with van der Waals surface area (Å²) in [6, 6.07) is 4.43. The zero-order valence-corrected chi connectivity index (χ0v) is 7.88. The number of benzene rings is 1. The van der Waals surface area contributed by atoms with Crippen molar-refractivity contribution in [2.75, 3.05) is 0 Å². The number of nitriles is 1. The van der Waals surface area contributed by atoms with Gasteiger partial charge in [0.05, 0.1) is 17.5 Å². The van der Waals surface area contributed by atoms with E-state index in [1.165, 1.54) is 12.1 Å². The number of carboxylic acid groups (broad SMARTS) is 1. The summed E-state index contributed by atoms with van der Waals surface area (Å²) >= 11 is 0. The summed E-state index contributed by atoms with van der Waals surface area (Å²) < 4.78 is 37.4. The second kappa shape index (κ2) is 4.23. The maximum atomic E-state index is 12.5. The Morgan fingerprint density at radius 3 is 2.50 bits per heavy atom. The normalized spacial score (nSPS) is 10.9. The molecule has 0 bridgehead atoms. The predicted molar refractivity (Wildman–Crippen MR) is 47.5 cm³/mol. The van der Waals surface area contributed by atoms with Crippen LogP contribution in [0.1, 0.15) is 16.7 Å². The molecule has 0 amide bonds. The summed E-state index contributed by atoms with van der Waals surface area (Å²) in [4.78, 5) is 10.4. The number of aliphatic carboxylic acids is 1. The van der Waals surface area contributed by atoms with Crippen molar-refractivity contribution in [1.82, 2.24) is 0 Å². The Morgan fingerprint density at radius 1 is 1.44 bits per heavy atom. The molecule has 0 aliphatic rings. The fraction of sp³-hybridized carbons (Fsp3) is 0.200. The van der Waals surface area contributed by atoms with Gasteiger partial charge < -0.3 is 5.11 Å². The van der Waals surface area contributed by atoms with E-state index in [-0.39, 0.29) is 5.56 Å². The second-order valence-electron chi connectivity index (χ2n) is 3.02. The molecule has 1 aromatic carbocycles. The van der Waals surface area contributed by atoms with Gasteiger partial charge >= 0.3 is 12.1 Å². The molecule has 0 spiro atoms.